The van der Waals surface area contributed by atoms with Gasteiger partial charge in [-0.3, -0.25) is 4.79 Å². The number of rotatable bonds is 4. The van der Waals surface area contributed by atoms with Crippen LogP contribution < -0.4 is 5.32 Å². The van der Waals surface area contributed by atoms with Crippen molar-refractivity contribution >= 4 is 17.6 Å². The predicted octanol–water partition coefficient (Wildman–Crippen LogP) is 4.19. The van der Waals surface area contributed by atoms with Crippen molar-refractivity contribution in [3.8, 4) is 11.8 Å². The van der Waals surface area contributed by atoms with Crippen molar-refractivity contribution in [3.05, 3.63) is 101 Å². The van der Waals surface area contributed by atoms with Crippen molar-refractivity contribution in [3.63, 3.8) is 0 Å². The molecule has 5 heteroatoms. The first-order valence-corrected chi connectivity index (χ1v) is 8.88. The molecule has 0 spiro atoms. The van der Waals surface area contributed by atoms with Crippen LogP contribution in [-0.2, 0) is 16.0 Å². The minimum Gasteiger partial charge on any atom is -0.465 e. The van der Waals surface area contributed by atoms with Crippen LogP contribution in [0.1, 0.15) is 27.0 Å². The van der Waals surface area contributed by atoms with Gasteiger partial charge in [0.15, 0.2) is 0 Å². The molecule has 0 bridgehead atoms. The van der Waals surface area contributed by atoms with E-state index in [1.54, 1.807) is 54.6 Å². The first-order valence-electron chi connectivity index (χ1n) is 8.88. The van der Waals surface area contributed by atoms with E-state index in [4.69, 9.17) is 4.74 Å². The highest BCUT2D eigenvalue weighted by Gasteiger charge is 2.06. The molecule has 0 fully saturated rings. The van der Waals surface area contributed by atoms with Gasteiger partial charge >= 0.3 is 5.97 Å². The Balaban J connectivity index is 1.70. The van der Waals surface area contributed by atoms with Gasteiger partial charge in [-0.15, -0.1) is 0 Å². The number of nitrogens with one attached hydrogen (secondary N) is 1. The van der Waals surface area contributed by atoms with Crippen molar-refractivity contribution in [1.82, 2.24) is 0 Å². The first-order chi connectivity index (χ1) is 14.0. The number of halogens is 1. The lowest BCUT2D eigenvalue weighted by molar-refractivity contribution is -0.115. The Morgan fingerprint density at radius 3 is 2.34 bits per heavy atom. The third-order valence-corrected chi connectivity index (χ3v) is 4.03. The summed E-state index contributed by atoms with van der Waals surface area (Å²) in [6, 6.07) is 19.9. The number of methoxy groups -OCH3 is 1. The quantitative estimate of drug-likeness (QED) is 0.539. The molecule has 0 saturated heterocycles. The molecular formula is C24H18FNO3. The molecule has 3 aromatic carbocycles. The molecule has 0 aliphatic carbocycles. The number of carbonyl (C=O) groups is 2. The Labute approximate surface area is 168 Å². The second-order valence-electron chi connectivity index (χ2n) is 6.26. The van der Waals surface area contributed by atoms with Crippen LogP contribution in [0.2, 0.25) is 0 Å². The van der Waals surface area contributed by atoms with Gasteiger partial charge in [0.2, 0.25) is 5.91 Å². The molecule has 29 heavy (non-hydrogen) atoms. The molecule has 4 nitrogen and oxygen atoms in total. The summed E-state index contributed by atoms with van der Waals surface area (Å²) in [7, 11) is 1.33. The van der Waals surface area contributed by atoms with Crippen LogP contribution in [0.15, 0.2) is 72.8 Å². The van der Waals surface area contributed by atoms with Gasteiger partial charge in [-0.2, -0.15) is 0 Å². The van der Waals surface area contributed by atoms with Crippen molar-refractivity contribution in [2.75, 3.05) is 12.4 Å². The number of hydrogen-bond donors (Lipinski definition) is 1. The Kier molecular flexibility index (Phi) is 6.39. The molecule has 3 rings (SSSR count). The molecule has 0 radical (unpaired) electrons. The topological polar surface area (TPSA) is 55.4 Å². The Morgan fingerprint density at radius 1 is 0.931 bits per heavy atom. The zero-order valence-electron chi connectivity index (χ0n) is 15.7. The highest BCUT2D eigenvalue weighted by molar-refractivity contribution is 5.92. The van der Waals surface area contributed by atoms with Crippen LogP contribution in [0.4, 0.5) is 10.1 Å². The van der Waals surface area contributed by atoms with Crippen LogP contribution in [0.3, 0.4) is 0 Å². The van der Waals surface area contributed by atoms with Gasteiger partial charge in [-0.25, -0.2) is 9.18 Å². The molecule has 3 aromatic rings. The van der Waals surface area contributed by atoms with Crippen molar-refractivity contribution in [2.45, 2.75) is 6.42 Å². The van der Waals surface area contributed by atoms with E-state index in [0.29, 0.717) is 27.9 Å². The van der Waals surface area contributed by atoms with E-state index in [2.05, 4.69) is 17.2 Å². The number of benzene rings is 3. The smallest absolute Gasteiger partial charge is 0.337 e. The monoisotopic (exact) mass is 387 g/mol. The summed E-state index contributed by atoms with van der Waals surface area (Å²) in [6.07, 6.45) is 0.0774. The summed E-state index contributed by atoms with van der Waals surface area (Å²) >= 11 is 0. The molecule has 0 saturated carbocycles. The standard InChI is InChI=1S/C24H18FNO3/c1-29-24(28)20-8-2-5-17(13-20)11-12-18-6-4-10-22(15-18)26-23(27)16-19-7-3-9-21(25)14-19/h2-10,13-15H,16H2,1H3,(H,26,27). The largest absolute Gasteiger partial charge is 0.465 e. The van der Waals surface area contributed by atoms with Crippen LogP contribution >= 0.6 is 0 Å². The lowest BCUT2D eigenvalue weighted by Crippen LogP contribution is -2.14. The van der Waals surface area contributed by atoms with E-state index in [1.165, 1.54) is 19.2 Å². The molecule has 0 heterocycles. The molecule has 144 valence electrons. The zero-order chi connectivity index (χ0) is 20.6. The van der Waals surface area contributed by atoms with E-state index < -0.39 is 5.97 Å². The molecule has 1 N–H and O–H groups in total. The highest BCUT2D eigenvalue weighted by atomic mass is 19.1. The Bertz CT molecular complexity index is 1110. The van der Waals surface area contributed by atoms with Crippen LogP contribution in [0.5, 0.6) is 0 Å². The number of esters is 1. The van der Waals surface area contributed by atoms with Gasteiger partial charge in [0.1, 0.15) is 5.82 Å². The van der Waals surface area contributed by atoms with E-state index in [-0.39, 0.29) is 18.1 Å². The summed E-state index contributed by atoms with van der Waals surface area (Å²) in [5.41, 5.74) is 3.01. The lowest BCUT2D eigenvalue weighted by Gasteiger charge is -2.06. The van der Waals surface area contributed by atoms with E-state index in [1.807, 2.05) is 6.07 Å². The third-order valence-electron chi connectivity index (χ3n) is 4.03. The number of ether oxygens (including phenoxy) is 1. The average Bonchev–Trinajstić information content (AvgIpc) is 2.72. The van der Waals surface area contributed by atoms with E-state index >= 15 is 0 Å². The van der Waals surface area contributed by atoms with Crippen LogP contribution in [0.25, 0.3) is 0 Å². The maximum atomic E-state index is 13.2. The van der Waals surface area contributed by atoms with Crippen molar-refractivity contribution < 1.29 is 18.7 Å². The maximum absolute atomic E-state index is 13.2. The molecule has 0 aliphatic rings. The Morgan fingerprint density at radius 2 is 1.62 bits per heavy atom. The lowest BCUT2D eigenvalue weighted by atomic mass is 10.1. The zero-order valence-corrected chi connectivity index (χ0v) is 15.7. The molecule has 0 aliphatic heterocycles. The van der Waals surface area contributed by atoms with E-state index in [9.17, 15) is 14.0 Å². The maximum Gasteiger partial charge on any atom is 0.337 e. The van der Waals surface area contributed by atoms with Gasteiger partial charge in [0, 0.05) is 16.8 Å². The first kappa shape index (κ1) is 19.8. The summed E-state index contributed by atoms with van der Waals surface area (Å²) in [4.78, 5) is 23.8. The van der Waals surface area contributed by atoms with Crippen LogP contribution in [-0.4, -0.2) is 19.0 Å². The molecule has 0 unspecified atom stereocenters. The van der Waals surface area contributed by atoms with Crippen LogP contribution in [0, 0.1) is 17.7 Å². The van der Waals surface area contributed by atoms with Gasteiger partial charge < -0.3 is 10.1 Å². The second kappa shape index (κ2) is 9.34. The molecular weight excluding hydrogens is 369 g/mol. The SMILES string of the molecule is COC(=O)c1cccc(C#Cc2cccc(NC(=O)Cc3cccc(F)c3)c2)c1. The third kappa shape index (κ3) is 5.78. The summed E-state index contributed by atoms with van der Waals surface area (Å²) in [5, 5.41) is 2.79. The van der Waals surface area contributed by atoms with Crippen molar-refractivity contribution in [1.29, 1.82) is 0 Å². The predicted molar refractivity (Wildman–Crippen MR) is 109 cm³/mol. The number of carbonyl (C=O) groups excluding carboxylic acids is 2. The molecule has 1 amide bonds. The average molecular weight is 387 g/mol. The normalized spacial score (nSPS) is 9.86. The molecule has 0 atom stereocenters. The number of hydrogen-bond acceptors (Lipinski definition) is 3. The summed E-state index contributed by atoms with van der Waals surface area (Å²) in [5.74, 6) is 4.97. The van der Waals surface area contributed by atoms with Gasteiger partial charge in [0.25, 0.3) is 0 Å². The van der Waals surface area contributed by atoms with Gasteiger partial charge in [-0.1, -0.05) is 36.1 Å². The number of amides is 1. The second-order valence-corrected chi connectivity index (χ2v) is 6.26. The minimum atomic E-state index is -0.420. The summed E-state index contributed by atoms with van der Waals surface area (Å²) in [6.45, 7) is 0. The minimum absolute atomic E-state index is 0.0774. The Hall–Kier alpha value is -3.91. The number of anilines is 1. The fraction of sp³-hybridized carbons (Fsp3) is 0.0833. The van der Waals surface area contributed by atoms with E-state index in [0.717, 1.165) is 0 Å². The van der Waals surface area contributed by atoms with Gasteiger partial charge in [-0.05, 0) is 54.1 Å². The fourth-order valence-electron chi connectivity index (χ4n) is 2.70. The van der Waals surface area contributed by atoms with Gasteiger partial charge in [0.05, 0.1) is 19.1 Å². The highest BCUT2D eigenvalue weighted by Crippen LogP contribution is 2.12. The summed E-state index contributed by atoms with van der Waals surface area (Å²) < 4.78 is 17.9. The molecule has 0 aromatic heterocycles. The van der Waals surface area contributed by atoms with Crippen molar-refractivity contribution in [2.24, 2.45) is 0 Å². The fourth-order valence-corrected chi connectivity index (χ4v) is 2.70.